The van der Waals surface area contributed by atoms with E-state index in [0.717, 1.165) is 0 Å². The molecule has 1 saturated heterocycles. The Bertz CT molecular complexity index is 195. The Morgan fingerprint density at radius 2 is 1.71 bits per heavy atom. The lowest BCUT2D eigenvalue weighted by molar-refractivity contribution is -0.0489. The highest BCUT2D eigenvalue weighted by Gasteiger charge is 2.38. The largest absolute Gasteiger partial charge is 0.311 e. The minimum atomic E-state index is -2.37. The maximum absolute atomic E-state index is 12.9. The summed E-state index contributed by atoms with van der Waals surface area (Å²) in [5.41, 5.74) is 0. The second kappa shape index (κ2) is 3.76. The molecule has 1 aliphatic carbocycles. The number of halogens is 2. The summed E-state index contributed by atoms with van der Waals surface area (Å²) in [5.74, 6) is -1.87. The average molecular weight is 203 g/mol. The summed E-state index contributed by atoms with van der Waals surface area (Å²) in [4.78, 5) is 0. The molecule has 3 heteroatoms. The molecule has 1 aliphatic heterocycles. The van der Waals surface area contributed by atoms with E-state index in [1.165, 1.54) is 12.8 Å². The molecular formula is C11H19F2N. The van der Waals surface area contributed by atoms with Crippen molar-refractivity contribution in [2.45, 2.75) is 63.5 Å². The molecule has 2 rings (SSSR count). The van der Waals surface area contributed by atoms with E-state index in [1.54, 1.807) is 0 Å². The molecule has 0 radical (unpaired) electrons. The molecule has 0 aromatic heterocycles. The Kier molecular flexibility index (Phi) is 2.78. The van der Waals surface area contributed by atoms with Crippen LogP contribution >= 0.6 is 0 Å². The predicted molar refractivity (Wildman–Crippen MR) is 52.5 cm³/mol. The van der Waals surface area contributed by atoms with Crippen molar-refractivity contribution in [1.29, 1.82) is 0 Å². The van der Waals surface area contributed by atoms with Crippen LogP contribution in [0, 0.1) is 5.92 Å². The van der Waals surface area contributed by atoms with Crippen LogP contribution in [-0.4, -0.2) is 18.0 Å². The van der Waals surface area contributed by atoms with Crippen molar-refractivity contribution in [3.63, 3.8) is 0 Å². The molecule has 2 atom stereocenters. The van der Waals surface area contributed by atoms with Gasteiger partial charge in [-0.25, -0.2) is 8.78 Å². The summed E-state index contributed by atoms with van der Waals surface area (Å²) in [5, 5.41) is 3.51. The highest BCUT2D eigenvalue weighted by Crippen LogP contribution is 2.39. The first-order valence-corrected chi connectivity index (χ1v) is 5.71. The lowest BCUT2D eigenvalue weighted by Gasteiger charge is -2.32. The SMILES string of the molecule is C[C@@H]1CC[C@H](C2CCC(F)(F)CC2)N1. The molecule has 14 heavy (non-hydrogen) atoms. The van der Waals surface area contributed by atoms with Crippen LogP contribution in [0.3, 0.4) is 0 Å². The summed E-state index contributed by atoms with van der Waals surface area (Å²) >= 11 is 0. The van der Waals surface area contributed by atoms with Gasteiger partial charge in [-0.2, -0.15) is 0 Å². The number of alkyl halides is 2. The Balaban J connectivity index is 1.83. The van der Waals surface area contributed by atoms with E-state index in [1.807, 2.05) is 0 Å². The van der Waals surface area contributed by atoms with Crippen LogP contribution in [-0.2, 0) is 0 Å². The van der Waals surface area contributed by atoms with Gasteiger partial charge in [0.05, 0.1) is 0 Å². The third-order valence-corrected chi connectivity index (χ3v) is 3.74. The third kappa shape index (κ3) is 2.25. The Labute approximate surface area is 84.3 Å². The predicted octanol–water partition coefficient (Wildman–Crippen LogP) is 2.95. The van der Waals surface area contributed by atoms with Gasteiger partial charge in [0.1, 0.15) is 0 Å². The summed E-state index contributed by atoms with van der Waals surface area (Å²) in [6, 6.07) is 1.10. The van der Waals surface area contributed by atoms with Crippen molar-refractivity contribution in [2.75, 3.05) is 0 Å². The molecule has 2 fully saturated rings. The molecule has 82 valence electrons. The average Bonchev–Trinajstić information content (AvgIpc) is 2.52. The van der Waals surface area contributed by atoms with E-state index >= 15 is 0 Å². The number of rotatable bonds is 1. The fraction of sp³-hybridized carbons (Fsp3) is 1.00. The zero-order chi connectivity index (χ0) is 10.2. The van der Waals surface area contributed by atoms with Crippen LogP contribution in [0.15, 0.2) is 0 Å². The van der Waals surface area contributed by atoms with E-state index in [4.69, 9.17) is 0 Å². The van der Waals surface area contributed by atoms with Crippen LogP contribution in [0.25, 0.3) is 0 Å². The molecule has 0 amide bonds. The van der Waals surface area contributed by atoms with Crippen molar-refractivity contribution >= 4 is 0 Å². The van der Waals surface area contributed by atoms with Gasteiger partial charge in [-0.3, -0.25) is 0 Å². The monoisotopic (exact) mass is 203 g/mol. The van der Waals surface area contributed by atoms with E-state index in [9.17, 15) is 8.78 Å². The van der Waals surface area contributed by atoms with Crippen LogP contribution in [0.1, 0.15) is 45.4 Å². The highest BCUT2D eigenvalue weighted by molar-refractivity contribution is 4.89. The number of nitrogens with one attached hydrogen (secondary N) is 1. The second-order valence-corrected chi connectivity index (χ2v) is 4.94. The first-order valence-electron chi connectivity index (χ1n) is 5.71. The van der Waals surface area contributed by atoms with Gasteiger partial charge in [0.15, 0.2) is 0 Å². The zero-order valence-electron chi connectivity index (χ0n) is 8.73. The summed E-state index contributed by atoms with van der Waals surface area (Å²) in [7, 11) is 0. The van der Waals surface area contributed by atoms with Crippen molar-refractivity contribution in [3.05, 3.63) is 0 Å². The molecule has 0 aromatic carbocycles. The molecule has 2 aliphatic rings. The Hall–Kier alpha value is -0.180. The summed E-state index contributed by atoms with van der Waals surface area (Å²) in [6.45, 7) is 2.18. The van der Waals surface area contributed by atoms with Gasteiger partial charge in [-0.1, -0.05) is 0 Å². The Morgan fingerprint density at radius 1 is 1.07 bits per heavy atom. The number of hydrogen-bond acceptors (Lipinski definition) is 1. The third-order valence-electron chi connectivity index (χ3n) is 3.74. The molecule has 1 N–H and O–H groups in total. The van der Waals surface area contributed by atoms with Gasteiger partial charge in [0, 0.05) is 24.9 Å². The van der Waals surface area contributed by atoms with E-state index < -0.39 is 5.92 Å². The highest BCUT2D eigenvalue weighted by atomic mass is 19.3. The maximum Gasteiger partial charge on any atom is 0.248 e. The molecule has 1 heterocycles. The fourth-order valence-electron chi connectivity index (χ4n) is 2.80. The van der Waals surface area contributed by atoms with Crippen molar-refractivity contribution < 1.29 is 8.78 Å². The van der Waals surface area contributed by atoms with Crippen LogP contribution in [0.4, 0.5) is 8.78 Å². The van der Waals surface area contributed by atoms with Crippen molar-refractivity contribution in [3.8, 4) is 0 Å². The minimum absolute atomic E-state index is 0.101. The van der Waals surface area contributed by atoms with Gasteiger partial charge in [0.25, 0.3) is 0 Å². The fourth-order valence-corrected chi connectivity index (χ4v) is 2.80. The van der Waals surface area contributed by atoms with Crippen molar-refractivity contribution in [2.24, 2.45) is 5.92 Å². The summed E-state index contributed by atoms with van der Waals surface area (Å²) in [6.07, 6.45) is 4.00. The van der Waals surface area contributed by atoms with E-state index in [-0.39, 0.29) is 12.8 Å². The maximum atomic E-state index is 12.9. The first-order chi connectivity index (χ1) is 6.57. The van der Waals surface area contributed by atoms with Crippen LogP contribution < -0.4 is 5.32 Å². The van der Waals surface area contributed by atoms with Gasteiger partial charge in [-0.05, 0) is 38.5 Å². The first kappa shape index (κ1) is 10.3. The molecular weight excluding hydrogens is 184 g/mol. The zero-order valence-corrected chi connectivity index (χ0v) is 8.73. The lowest BCUT2D eigenvalue weighted by atomic mass is 9.81. The minimum Gasteiger partial charge on any atom is -0.311 e. The van der Waals surface area contributed by atoms with Gasteiger partial charge in [0.2, 0.25) is 5.92 Å². The molecule has 0 aromatic rings. The smallest absolute Gasteiger partial charge is 0.248 e. The quantitative estimate of drug-likeness (QED) is 0.691. The van der Waals surface area contributed by atoms with Gasteiger partial charge in [-0.15, -0.1) is 0 Å². The standard InChI is InChI=1S/C11H19F2N/c1-8-2-3-10(14-8)9-4-6-11(12,13)7-5-9/h8-10,14H,2-7H2,1H3/t8-,10-/m1/s1. The van der Waals surface area contributed by atoms with Gasteiger partial charge < -0.3 is 5.32 Å². The van der Waals surface area contributed by atoms with E-state index in [2.05, 4.69) is 12.2 Å². The molecule has 0 bridgehead atoms. The normalized spacial score (nSPS) is 38.8. The lowest BCUT2D eigenvalue weighted by Crippen LogP contribution is -2.38. The summed E-state index contributed by atoms with van der Waals surface area (Å²) < 4.78 is 25.8. The second-order valence-electron chi connectivity index (χ2n) is 4.94. The molecule has 1 nitrogen and oxygen atoms in total. The van der Waals surface area contributed by atoms with Crippen molar-refractivity contribution in [1.82, 2.24) is 5.32 Å². The number of hydrogen-bond donors (Lipinski definition) is 1. The Morgan fingerprint density at radius 3 is 2.21 bits per heavy atom. The molecule has 0 spiro atoms. The topological polar surface area (TPSA) is 12.0 Å². The van der Waals surface area contributed by atoms with E-state index in [0.29, 0.717) is 30.8 Å². The van der Waals surface area contributed by atoms with Crippen LogP contribution in [0.2, 0.25) is 0 Å². The molecule has 0 unspecified atom stereocenters. The van der Waals surface area contributed by atoms with Gasteiger partial charge >= 0.3 is 0 Å². The van der Waals surface area contributed by atoms with Crippen LogP contribution in [0.5, 0.6) is 0 Å². The molecule has 1 saturated carbocycles.